The quantitative estimate of drug-likeness (QED) is 0.278. The first-order chi connectivity index (χ1) is 7.06. The minimum Gasteiger partial charge on any atom is -0.465 e. The Kier molecular flexibility index (Phi) is 6.97. The van der Waals surface area contributed by atoms with Gasteiger partial charge in [0.15, 0.2) is 0 Å². The molecule has 0 heterocycles. The zero-order valence-electron chi connectivity index (χ0n) is 8.95. The molecule has 4 nitrogen and oxygen atoms in total. The van der Waals surface area contributed by atoms with Gasteiger partial charge >= 0.3 is 11.9 Å². The molecule has 0 N–H and O–H groups in total. The molecule has 0 amide bonds. The Morgan fingerprint density at radius 1 is 1.27 bits per heavy atom. The van der Waals surface area contributed by atoms with Gasteiger partial charge in [0.25, 0.3) is 0 Å². The van der Waals surface area contributed by atoms with E-state index in [0.717, 1.165) is 11.6 Å². The summed E-state index contributed by atoms with van der Waals surface area (Å²) in [6.45, 7) is 9.07. The molecule has 0 unspecified atom stereocenters. The maximum Gasteiger partial charge on any atom is 0.330 e. The second-order valence-corrected chi connectivity index (χ2v) is 3.08. The van der Waals surface area contributed by atoms with Gasteiger partial charge in [0.1, 0.15) is 0 Å². The third-order valence-electron chi connectivity index (χ3n) is 1.41. The van der Waals surface area contributed by atoms with Crippen LogP contribution in [0.25, 0.3) is 0 Å². The molecule has 0 aromatic heterocycles. The minimum absolute atomic E-state index is 0.227. The Balaban J connectivity index is 3.38. The number of hydrogen-bond donors (Lipinski definition) is 0. The van der Waals surface area contributed by atoms with Gasteiger partial charge in [-0.2, -0.15) is 0 Å². The predicted molar refractivity (Wildman–Crippen MR) is 56.2 cm³/mol. The second kappa shape index (κ2) is 7.79. The van der Waals surface area contributed by atoms with Crippen molar-refractivity contribution in [2.75, 3.05) is 13.2 Å². The molecule has 84 valence electrons. The molecule has 0 spiro atoms. The highest BCUT2D eigenvalue weighted by Gasteiger charge is 2.02. The standard InChI is InChI=1S/C11H16O4/c1-4-10(12)14-6-5-7-15-11(13)8-9(2)3/h4H,1-2,5-8H2,3H3. The third kappa shape index (κ3) is 8.74. The van der Waals surface area contributed by atoms with E-state index in [1.54, 1.807) is 6.92 Å². The van der Waals surface area contributed by atoms with Gasteiger partial charge in [-0.3, -0.25) is 4.79 Å². The lowest BCUT2D eigenvalue weighted by molar-refractivity contribution is -0.143. The Labute approximate surface area is 89.6 Å². The Morgan fingerprint density at radius 3 is 2.40 bits per heavy atom. The van der Waals surface area contributed by atoms with E-state index < -0.39 is 5.97 Å². The van der Waals surface area contributed by atoms with Crippen LogP contribution in [0.4, 0.5) is 0 Å². The molecule has 0 aliphatic heterocycles. The smallest absolute Gasteiger partial charge is 0.330 e. The molecule has 15 heavy (non-hydrogen) atoms. The average Bonchev–Trinajstić information content (AvgIpc) is 2.15. The van der Waals surface area contributed by atoms with E-state index in [9.17, 15) is 9.59 Å². The molecule has 0 rings (SSSR count). The summed E-state index contributed by atoms with van der Waals surface area (Å²) >= 11 is 0. The molecular weight excluding hydrogens is 196 g/mol. The lowest BCUT2D eigenvalue weighted by atomic mass is 10.2. The van der Waals surface area contributed by atoms with Crippen molar-refractivity contribution in [1.82, 2.24) is 0 Å². The number of rotatable bonds is 7. The summed E-state index contributed by atoms with van der Waals surface area (Å²) in [6.07, 6.45) is 1.81. The molecule has 0 fully saturated rings. The van der Waals surface area contributed by atoms with Gasteiger partial charge in [-0.05, 0) is 6.92 Å². The topological polar surface area (TPSA) is 52.6 Å². The summed E-state index contributed by atoms with van der Waals surface area (Å²) in [6, 6.07) is 0. The zero-order valence-corrected chi connectivity index (χ0v) is 8.95. The first-order valence-corrected chi connectivity index (χ1v) is 4.65. The molecule has 4 heteroatoms. The number of hydrogen-bond acceptors (Lipinski definition) is 4. The van der Waals surface area contributed by atoms with Gasteiger partial charge in [0.05, 0.1) is 19.6 Å². The van der Waals surface area contributed by atoms with E-state index in [2.05, 4.69) is 17.9 Å². The fraction of sp³-hybridized carbons (Fsp3) is 0.455. The van der Waals surface area contributed by atoms with Crippen molar-refractivity contribution < 1.29 is 19.1 Å². The zero-order chi connectivity index (χ0) is 11.7. The first-order valence-electron chi connectivity index (χ1n) is 4.65. The van der Waals surface area contributed by atoms with Crippen LogP contribution in [0.2, 0.25) is 0 Å². The van der Waals surface area contributed by atoms with Crippen molar-refractivity contribution in [1.29, 1.82) is 0 Å². The molecule has 0 saturated heterocycles. The van der Waals surface area contributed by atoms with Crippen LogP contribution in [-0.2, 0) is 19.1 Å². The molecule has 0 aliphatic carbocycles. The van der Waals surface area contributed by atoms with E-state index in [-0.39, 0.29) is 25.6 Å². The van der Waals surface area contributed by atoms with Crippen LogP contribution in [0.15, 0.2) is 24.8 Å². The molecule has 0 aliphatic rings. The highest BCUT2D eigenvalue weighted by Crippen LogP contribution is 1.98. The lowest BCUT2D eigenvalue weighted by Gasteiger charge is -2.04. The van der Waals surface area contributed by atoms with Crippen LogP contribution in [0.3, 0.4) is 0 Å². The van der Waals surface area contributed by atoms with E-state index >= 15 is 0 Å². The average molecular weight is 212 g/mol. The number of esters is 2. The highest BCUT2D eigenvalue weighted by atomic mass is 16.5. The maximum absolute atomic E-state index is 11.0. The van der Waals surface area contributed by atoms with E-state index in [0.29, 0.717) is 6.42 Å². The van der Waals surface area contributed by atoms with Crippen LogP contribution in [0.5, 0.6) is 0 Å². The van der Waals surface area contributed by atoms with Crippen molar-refractivity contribution in [2.45, 2.75) is 19.8 Å². The summed E-state index contributed by atoms with van der Waals surface area (Å²) in [7, 11) is 0. The highest BCUT2D eigenvalue weighted by molar-refractivity contribution is 5.81. The number of ether oxygens (including phenoxy) is 2. The molecular formula is C11H16O4. The fourth-order valence-corrected chi connectivity index (χ4v) is 0.774. The Morgan fingerprint density at radius 2 is 1.87 bits per heavy atom. The number of carbonyl (C=O) groups excluding carboxylic acids is 2. The first kappa shape index (κ1) is 13.4. The monoisotopic (exact) mass is 212 g/mol. The van der Waals surface area contributed by atoms with Gasteiger partial charge < -0.3 is 9.47 Å². The van der Waals surface area contributed by atoms with Crippen LogP contribution >= 0.6 is 0 Å². The summed E-state index contributed by atoms with van der Waals surface area (Å²) in [5, 5.41) is 0. The Hall–Kier alpha value is -1.58. The maximum atomic E-state index is 11.0. The summed E-state index contributed by atoms with van der Waals surface area (Å²) < 4.78 is 9.54. The van der Waals surface area contributed by atoms with E-state index in [4.69, 9.17) is 4.74 Å². The van der Waals surface area contributed by atoms with Crippen LogP contribution in [-0.4, -0.2) is 25.2 Å². The summed E-state index contributed by atoms with van der Waals surface area (Å²) in [5.41, 5.74) is 0.762. The van der Waals surface area contributed by atoms with Gasteiger partial charge in [-0.25, -0.2) is 4.79 Å². The molecule has 0 bridgehead atoms. The van der Waals surface area contributed by atoms with Crippen molar-refractivity contribution in [3.05, 3.63) is 24.8 Å². The predicted octanol–water partition coefficient (Wildman–Crippen LogP) is 1.62. The van der Waals surface area contributed by atoms with Crippen molar-refractivity contribution in [3.63, 3.8) is 0 Å². The molecule has 0 atom stereocenters. The van der Waals surface area contributed by atoms with Gasteiger partial charge in [-0.15, -0.1) is 0 Å². The van der Waals surface area contributed by atoms with Crippen LogP contribution in [0.1, 0.15) is 19.8 Å². The van der Waals surface area contributed by atoms with Crippen molar-refractivity contribution in [3.8, 4) is 0 Å². The van der Waals surface area contributed by atoms with Crippen LogP contribution < -0.4 is 0 Å². The van der Waals surface area contributed by atoms with Crippen molar-refractivity contribution >= 4 is 11.9 Å². The van der Waals surface area contributed by atoms with Crippen LogP contribution in [0, 0.1) is 0 Å². The molecule has 0 aromatic carbocycles. The van der Waals surface area contributed by atoms with Crippen molar-refractivity contribution in [2.24, 2.45) is 0 Å². The third-order valence-corrected chi connectivity index (χ3v) is 1.41. The Bertz CT molecular complexity index is 255. The molecule has 0 aromatic rings. The molecule has 0 saturated carbocycles. The summed E-state index contributed by atoms with van der Waals surface area (Å²) in [4.78, 5) is 21.6. The van der Waals surface area contributed by atoms with E-state index in [1.165, 1.54) is 0 Å². The van der Waals surface area contributed by atoms with Gasteiger partial charge in [0, 0.05) is 12.5 Å². The lowest BCUT2D eigenvalue weighted by Crippen LogP contribution is -2.09. The summed E-state index contributed by atoms with van der Waals surface area (Å²) in [5.74, 6) is -0.777. The fourth-order valence-electron chi connectivity index (χ4n) is 0.774. The van der Waals surface area contributed by atoms with E-state index in [1.807, 2.05) is 0 Å². The molecule has 0 radical (unpaired) electrons. The second-order valence-electron chi connectivity index (χ2n) is 3.08. The SMILES string of the molecule is C=CC(=O)OCCCOC(=O)CC(=C)C. The van der Waals surface area contributed by atoms with Gasteiger partial charge in [-0.1, -0.05) is 18.7 Å². The normalized spacial score (nSPS) is 9.13. The largest absolute Gasteiger partial charge is 0.465 e. The number of carbonyl (C=O) groups is 2. The van der Waals surface area contributed by atoms with Gasteiger partial charge in [0.2, 0.25) is 0 Å². The minimum atomic E-state index is -0.469.